The second-order valence-electron chi connectivity index (χ2n) is 5.62. The number of benzene rings is 1. The lowest BCUT2D eigenvalue weighted by Crippen LogP contribution is -2.06. The fourth-order valence-corrected chi connectivity index (χ4v) is 2.82. The van der Waals surface area contributed by atoms with Crippen LogP contribution < -0.4 is 11.2 Å². The van der Waals surface area contributed by atoms with Crippen LogP contribution in [0.4, 0.5) is 0 Å². The number of nitrogens with zero attached hydrogens (tertiary/aromatic N) is 1. The van der Waals surface area contributed by atoms with Crippen molar-refractivity contribution in [1.29, 1.82) is 0 Å². The molecule has 2 aromatic carbocycles. The first-order chi connectivity index (χ1) is 11.7. The second-order valence-corrected chi connectivity index (χ2v) is 5.62. The Hall–Kier alpha value is -2.78. The molecule has 0 unspecified atom stereocenters. The van der Waals surface area contributed by atoms with Gasteiger partial charge >= 0.3 is 0 Å². The lowest BCUT2D eigenvalue weighted by atomic mass is 10.0. The molecule has 0 aliphatic rings. The molecule has 2 N–H and O–H groups in total. The molecular formula is C21H20N2O. The van der Waals surface area contributed by atoms with Gasteiger partial charge in [0, 0.05) is 29.3 Å². The summed E-state index contributed by atoms with van der Waals surface area (Å²) < 4.78 is 0. The third kappa shape index (κ3) is 3.12. The van der Waals surface area contributed by atoms with Gasteiger partial charge in [0.1, 0.15) is 0 Å². The maximum Gasteiger partial charge on any atom is 0.195 e. The Kier molecular flexibility index (Phi) is 4.82. The van der Waals surface area contributed by atoms with E-state index in [-0.39, 0.29) is 5.43 Å². The van der Waals surface area contributed by atoms with Crippen molar-refractivity contribution in [2.24, 2.45) is 5.73 Å². The summed E-state index contributed by atoms with van der Waals surface area (Å²) in [5.41, 5.74) is 9.97. The zero-order valence-electron chi connectivity index (χ0n) is 13.7. The molecule has 0 atom stereocenters. The zero-order valence-corrected chi connectivity index (χ0v) is 13.7. The molecule has 1 heterocycles. The summed E-state index contributed by atoms with van der Waals surface area (Å²) in [4.78, 5) is 17.6. The van der Waals surface area contributed by atoms with Gasteiger partial charge in [-0.2, -0.15) is 0 Å². The van der Waals surface area contributed by atoms with E-state index in [0.717, 1.165) is 23.1 Å². The van der Waals surface area contributed by atoms with Gasteiger partial charge in [-0.1, -0.05) is 55.5 Å². The molecule has 0 aliphatic heterocycles. The van der Waals surface area contributed by atoms with Crippen molar-refractivity contribution in [3.63, 3.8) is 0 Å². The fourth-order valence-electron chi connectivity index (χ4n) is 2.82. The normalized spacial score (nSPS) is 11.2. The Morgan fingerprint density at radius 2 is 1.88 bits per heavy atom. The van der Waals surface area contributed by atoms with E-state index in [1.54, 1.807) is 0 Å². The maximum atomic E-state index is 13.1. The number of pyridine rings is 1. The Balaban J connectivity index is 2.31. The minimum Gasteiger partial charge on any atom is -0.327 e. The first-order valence-electron chi connectivity index (χ1n) is 8.12. The van der Waals surface area contributed by atoms with Crippen molar-refractivity contribution in [3.8, 4) is 11.1 Å². The maximum absolute atomic E-state index is 13.1. The number of fused-ring (bicyclic) bond motifs is 1. The standard InChI is InChI=1S/C21H20N2O/c1-2-15-10-11-20-19(21(24)18(15)9-6-12-22)13-17(14-23-20)16-7-4-3-5-8-16/h3-11,13-14H,2,12,22H2,1H3/b9-6-. The summed E-state index contributed by atoms with van der Waals surface area (Å²) >= 11 is 0. The second kappa shape index (κ2) is 7.20. The molecule has 3 aromatic rings. The Labute approximate surface area is 141 Å². The first kappa shape index (κ1) is 16.1. The quantitative estimate of drug-likeness (QED) is 0.796. The van der Waals surface area contributed by atoms with Gasteiger partial charge in [-0.25, -0.2) is 0 Å². The van der Waals surface area contributed by atoms with Crippen LogP contribution >= 0.6 is 0 Å². The molecule has 0 aliphatic carbocycles. The van der Waals surface area contributed by atoms with Gasteiger partial charge in [0.05, 0.1) is 5.52 Å². The van der Waals surface area contributed by atoms with Gasteiger partial charge in [-0.15, -0.1) is 0 Å². The van der Waals surface area contributed by atoms with E-state index in [9.17, 15) is 4.79 Å². The van der Waals surface area contributed by atoms with Crippen molar-refractivity contribution < 1.29 is 0 Å². The van der Waals surface area contributed by atoms with Gasteiger partial charge < -0.3 is 5.73 Å². The lowest BCUT2D eigenvalue weighted by molar-refractivity contribution is 1.13. The number of aryl methyl sites for hydroxylation is 1. The Bertz CT molecular complexity index is 947. The summed E-state index contributed by atoms with van der Waals surface area (Å²) in [6, 6.07) is 15.8. The molecule has 120 valence electrons. The number of aromatic nitrogens is 1. The summed E-state index contributed by atoms with van der Waals surface area (Å²) in [5.74, 6) is 0. The van der Waals surface area contributed by atoms with Gasteiger partial charge in [-0.3, -0.25) is 9.78 Å². The third-order valence-corrected chi connectivity index (χ3v) is 4.10. The zero-order chi connectivity index (χ0) is 16.9. The minimum absolute atomic E-state index is 0.00170. The van der Waals surface area contributed by atoms with Gasteiger partial charge in [0.25, 0.3) is 0 Å². The molecular weight excluding hydrogens is 296 g/mol. The van der Waals surface area contributed by atoms with E-state index >= 15 is 0 Å². The Morgan fingerprint density at radius 1 is 1.08 bits per heavy atom. The fraction of sp³-hybridized carbons (Fsp3) is 0.143. The van der Waals surface area contributed by atoms with Crippen LogP contribution in [0.1, 0.15) is 18.1 Å². The molecule has 0 radical (unpaired) electrons. The molecule has 0 saturated carbocycles. The highest BCUT2D eigenvalue weighted by molar-refractivity contribution is 5.84. The van der Waals surface area contributed by atoms with Crippen LogP contribution in [0.15, 0.2) is 65.6 Å². The lowest BCUT2D eigenvalue weighted by Gasteiger charge is -2.02. The summed E-state index contributed by atoms with van der Waals surface area (Å²) in [6.45, 7) is 2.45. The van der Waals surface area contributed by atoms with Crippen molar-refractivity contribution >= 4 is 17.0 Å². The van der Waals surface area contributed by atoms with E-state index < -0.39 is 0 Å². The minimum atomic E-state index is 0.00170. The molecule has 0 bridgehead atoms. The number of hydrogen-bond acceptors (Lipinski definition) is 3. The monoisotopic (exact) mass is 316 g/mol. The molecule has 0 saturated heterocycles. The van der Waals surface area contributed by atoms with Crippen LogP contribution in [0, 0.1) is 0 Å². The van der Waals surface area contributed by atoms with E-state index in [0.29, 0.717) is 23.0 Å². The van der Waals surface area contributed by atoms with E-state index in [1.807, 2.05) is 73.8 Å². The number of nitrogens with two attached hydrogens (primary N) is 1. The third-order valence-electron chi connectivity index (χ3n) is 4.10. The molecule has 0 amide bonds. The predicted octanol–water partition coefficient (Wildman–Crippen LogP) is 3.80. The van der Waals surface area contributed by atoms with Crippen molar-refractivity contribution in [1.82, 2.24) is 4.98 Å². The summed E-state index contributed by atoms with van der Waals surface area (Å²) in [6.07, 6.45) is 6.25. The largest absolute Gasteiger partial charge is 0.327 e. The van der Waals surface area contributed by atoms with Gasteiger partial charge in [0.15, 0.2) is 5.43 Å². The molecule has 3 rings (SSSR count). The molecule has 0 fully saturated rings. The first-order valence-corrected chi connectivity index (χ1v) is 8.12. The molecule has 3 heteroatoms. The molecule has 24 heavy (non-hydrogen) atoms. The van der Waals surface area contributed by atoms with E-state index in [4.69, 9.17) is 5.73 Å². The van der Waals surface area contributed by atoms with Crippen LogP contribution in [-0.2, 0) is 6.42 Å². The highest BCUT2D eigenvalue weighted by Crippen LogP contribution is 2.21. The van der Waals surface area contributed by atoms with Gasteiger partial charge in [0.2, 0.25) is 0 Å². The van der Waals surface area contributed by atoms with E-state index in [2.05, 4.69) is 4.98 Å². The van der Waals surface area contributed by atoms with Crippen molar-refractivity contribution in [2.75, 3.05) is 6.54 Å². The van der Waals surface area contributed by atoms with Crippen LogP contribution in [-0.4, -0.2) is 11.5 Å². The predicted molar refractivity (Wildman–Crippen MR) is 101 cm³/mol. The summed E-state index contributed by atoms with van der Waals surface area (Å²) in [7, 11) is 0. The van der Waals surface area contributed by atoms with Crippen molar-refractivity contribution in [2.45, 2.75) is 13.3 Å². The highest BCUT2D eigenvalue weighted by atomic mass is 16.1. The molecule has 3 nitrogen and oxygen atoms in total. The SMILES string of the molecule is CCc1ccc2ncc(-c3ccccc3)cc2c(=O)c1/C=C\CN. The number of rotatable bonds is 4. The van der Waals surface area contributed by atoms with Crippen molar-refractivity contribution in [3.05, 3.63) is 82.2 Å². The average molecular weight is 316 g/mol. The summed E-state index contributed by atoms with van der Waals surface area (Å²) in [5, 5.41) is 0.632. The highest BCUT2D eigenvalue weighted by Gasteiger charge is 2.08. The van der Waals surface area contributed by atoms with Crippen LogP contribution in [0.5, 0.6) is 0 Å². The van der Waals surface area contributed by atoms with E-state index in [1.165, 1.54) is 0 Å². The van der Waals surface area contributed by atoms with Gasteiger partial charge in [-0.05, 0) is 29.7 Å². The van der Waals surface area contributed by atoms with Crippen LogP contribution in [0.2, 0.25) is 0 Å². The van der Waals surface area contributed by atoms with Crippen LogP contribution in [0.3, 0.4) is 0 Å². The molecule has 1 aromatic heterocycles. The average Bonchev–Trinajstić information content (AvgIpc) is 2.77. The topological polar surface area (TPSA) is 56.0 Å². The number of hydrogen-bond donors (Lipinski definition) is 1. The smallest absolute Gasteiger partial charge is 0.195 e. The van der Waals surface area contributed by atoms with Crippen LogP contribution in [0.25, 0.3) is 28.1 Å². The molecule has 0 spiro atoms. The Morgan fingerprint density at radius 3 is 2.58 bits per heavy atom.